The largest absolute Gasteiger partial charge is 0.458 e. The van der Waals surface area contributed by atoms with E-state index >= 15 is 0 Å². The number of carbonyl (C=O) groups excluding carboxylic acids is 4. The molecule has 1 aliphatic heterocycles. The molecule has 5 N–H and O–H groups in total. The molecule has 0 unspecified atom stereocenters. The van der Waals surface area contributed by atoms with Gasteiger partial charge in [-0.15, -0.1) is 11.3 Å². The number of nitrogens with zero attached hydrogens (tertiary/aromatic N) is 4. The molecule has 39 heavy (non-hydrogen) atoms. The highest BCUT2D eigenvalue weighted by Crippen LogP contribution is 2.24. The molecule has 208 valence electrons. The number of nitrogens with two attached hydrogens (primary N) is 1. The number of oxime groups is 1. The average Bonchev–Trinajstić information content (AvgIpc) is 3.31. The van der Waals surface area contributed by atoms with Crippen LogP contribution in [0.2, 0.25) is 0 Å². The van der Waals surface area contributed by atoms with Gasteiger partial charge in [0.05, 0.1) is 4.92 Å². The van der Waals surface area contributed by atoms with E-state index in [1.807, 2.05) is 0 Å². The number of hydrogen-bond acceptors (Lipinski definition) is 14. The first-order valence-electron chi connectivity index (χ1n) is 10.5. The molecule has 0 aliphatic carbocycles. The number of nitrogens with one attached hydrogen (secondary N) is 2. The number of anilines is 1. The van der Waals surface area contributed by atoms with Gasteiger partial charge in [-0.25, -0.2) is 9.78 Å². The number of aromatic nitrogens is 1. The fraction of sp³-hybridized carbons (Fsp3) is 0.263. The van der Waals surface area contributed by atoms with Crippen LogP contribution >= 0.6 is 11.3 Å². The molecule has 1 aromatic heterocycles. The molecule has 0 radical (unpaired) electrons. The maximum atomic E-state index is 12.9. The predicted molar refractivity (Wildman–Crippen MR) is 130 cm³/mol. The zero-order valence-corrected chi connectivity index (χ0v) is 21.3. The standard InChI is InChI=1S/C19H19N7O11S2/c1-21-17(29)15-14(18(30)25(15)39(33,34)35)23-16(28)13(11-8-38-19(20)22-11)24-37-7-12(27)36-6-9-2-4-10(5-3-9)26(31)32/h2-5,8,14-15H,6-7H2,1H3,(H2,20,22)(H,21,29)(H,23,28)(H,33,34,35)/t14-,15-/m1/s1. The Morgan fingerprint density at radius 2 is 1.97 bits per heavy atom. The van der Waals surface area contributed by atoms with Gasteiger partial charge in [-0.1, -0.05) is 5.16 Å². The van der Waals surface area contributed by atoms with E-state index in [-0.39, 0.29) is 27.4 Å². The van der Waals surface area contributed by atoms with Crippen molar-refractivity contribution in [3.05, 3.63) is 51.0 Å². The second kappa shape index (κ2) is 11.8. The Labute approximate surface area is 222 Å². The number of carbonyl (C=O) groups is 4. The van der Waals surface area contributed by atoms with Crippen molar-refractivity contribution in [2.75, 3.05) is 19.4 Å². The minimum atomic E-state index is -5.10. The fourth-order valence-corrected chi connectivity index (χ4v) is 4.54. The molecule has 0 saturated carbocycles. The number of β-lactam (4-membered cyclic amide) rings is 1. The number of nitro benzene ring substituents is 1. The first-order chi connectivity index (χ1) is 18.3. The van der Waals surface area contributed by atoms with Gasteiger partial charge in [0.25, 0.3) is 17.5 Å². The van der Waals surface area contributed by atoms with Gasteiger partial charge in [0.15, 0.2) is 16.9 Å². The topological polar surface area (TPSA) is 263 Å². The fourth-order valence-electron chi connectivity index (χ4n) is 3.15. The second-order valence-electron chi connectivity index (χ2n) is 7.49. The van der Waals surface area contributed by atoms with Crippen LogP contribution in [0.3, 0.4) is 0 Å². The minimum absolute atomic E-state index is 0.0218. The molecule has 20 heteroatoms. The van der Waals surface area contributed by atoms with Gasteiger partial charge in [0.1, 0.15) is 18.3 Å². The van der Waals surface area contributed by atoms with Crippen molar-refractivity contribution in [3.8, 4) is 0 Å². The summed E-state index contributed by atoms with van der Waals surface area (Å²) in [5.74, 6) is -4.37. The Hall–Kier alpha value is -4.69. The first-order valence-corrected chi connectivity index (χ1v) is 12.7. The molecule has 1 aliphatic rings. The summed E-state index contributed by atoms with van der Waals surface area (Å²) in [6, 6.07) is 1.73. The maximum Gasteiger partial charge on any atom is 0.363 e. The Morgan fingerprint density at radius 3 is 2.51 bits per heavy atom. The lowest BCUT2D eigenvalue weighted by atomic mass is 9.97. The highest BCUT2D eigenvalue weighted by molar-refractivity contribution is 7.84. The lowest BCUT2D eigenvalue weighted by Crippen LogP contribution is -2.75. The molecule has 2 aromatic rings. The van der Waals surface area contributed by atoms with Crippen LogP contribution in [-0.2, 0) is 45.7 Å². The Balaban J connectivity index is 1.68. The van der Waals surface area contributed by atoms with E-state index in [0.29, 0.717) is 5.56 Å². The molecule has 3 amide bonds. The molecule has 0 spiro atoms. The number of nitrogen functional groups attached to an aromatic ring is 1. The summed E-state index contributed by atoms with van der Waals surface area (Å²) in [6.45, 7) is -1.03. The number of esters is 1. The molecular weight excluding hydrogens is 566 g/mol. The van der Waals surface area contributed by atoms with Crippen molar-refractivity contribution in [1.29, 1.82) is 0 Å². The van der Waals surface area contributed by atoms with Crippen molar-refractivity contribution in [2.45, 2.75) is 18.7 Å². The van der Waals surface area contributed by atoms with Gasteiger partial charge in [-0.3, -0.25) is 29.1 Å². The van der Waals surface area contributed by atoms with E-state index in [2.05, 4.69) is 20.8 Å². The van der Waals surface area contributed by atoms with Crippen LogP contribution in [0.4, 0.5) is 10.8 Å². The third kappa shape index (κ3) is 6.80. The summed E-state index contributed by atoms with van der Waals surface area (Å²) < 4.78 is 37.0. The van der Waals surface area contributed by atoms with E-state index in [9.17, 15) is 42.3 Å². The lowest BCUT2D eigenvalue weighted by Gasteiger charge is -2.42. The first kappa shape index (κ1) is 28.9. The Morgan fingerprint density at radius 1 is 1.31 bits per heavy atom. The van der Waals surface area contributed by atoms with Crippen LogP contribution in [-0.4, -0.2) is 82.3 Å². The molecule has 1 aromatic carbocycles. The number of rotatable bonds is 11. The SMILES string of the molecule is CNC(=O)[C@H]1[C@@H](NC(=O)C(=NOCC(=O)OCc2ccc([N+](=O)[O-])cc2)c2csc(N)n2)C(=O)N1S(=O)(=O)O. The quantitative estimate of drug-likeness (QED) is 0.0575. The number of likely N-dealkylation sites (N-methyl/N-ethyl adjacent to an activating group) is 1. The summed E-state index contributed by atoms with van der Waals surface area (Å²) in [5, 5.41) is 19.8. The zero-order chi connectivity index (χ0) is 28.9. The highest BCUT2D eigenvalue weighted by Gasteiger charge is 2.57. The van der Waals surface area contributed by atoms with Gasteiger partial charge in [-0.2, -0.15) is 12.7 Å². The lowest BCUT2D eigenvalue weighted by molar-refractivity contribution is -0.384. The number of ether oxygens (including phenoxy) is 1. The second-order valence-corrected chi connectivity index (χ2v) is 9.67. The number of benzene rings is 1. The monoisotopic (exact) mass is 585 g/mol. The highest BCUT2D eigenvalue weighted by atomic mass is 32.2. The molecule has 1 saturated heterocycles. The van der Waals surface area contributed by atoms with Crippen LogP contribution in [0.1, 0.15) is 11.3 Å². The van der Waals surface area contributed by atoms with Gasteiger partial charge in [0, 0.05) is 24.6 Å². The van der Waals surface area contributed by atoms with E-state index in [4.69, 9.17) is 15.3 Å². The molecule has 1 fully saturated rings. The molecule has 2 heterocycles. The summed E-state index contributed by atoms with van der Waals surface area (Å²) in [4.78, 5) is 68.1. The predicted octanol–water partition coefficient (Wildman–Crippen LogP) is -1.66. The van der Waals surface area contributed by atoms with Crippen molar-refractivity contribution >= 4 is 61.9 Å². The van der Waals surface area contributed by atoms with Crippen molar-refractivity contribution in [1.82, 2.24) is 19.9 Å². The van der Waals surface area contributed by atoms with E-state index < -0.39 is 63.3 Å². The number of amides is 3. The zero-order valence-electron chi connectivity index (χ0n) is 19.7. The third-order valence-corrected chi connectivity index (χ3v) is 6.54. The number of nitro groups is 1. The summed E-state index contributed by atoms with van der Waals surface area (Å²) in [6.07, 6.45) is 0. The van der Waals surface area contributed by atoms with Crippen LogP contribution in [0.15, 0.2) is 34.8 Å². The Bertz CT molecular complexity index is 1440. The van der Waals surface area contributed by atoms with E-state index in [1.54, 1.807) is 0 Å². The van der Waals surface area contributed by atoms with Crippen LogP contribution in [0, 0.1) is 10.1 Å². The smallest absolute Gasteiger partial charge is 0.363 e. The molecule has 18 nitrogen and oxygen atoms in total. The van der Waals surface area contributed by atoms with Crippen LogP contribution < -0.4 is 16.4 Å². The van der Waals surface area contributed by atoms with Crippen LogP contribution in [0.25, 0.3) is 0 Å². The minimum Gasteiger partial charge on any atom is -0.458 e. The molecule has 2 atom stereocenters. The van der Waals surface area contributed by atoms with E-state index in [1.165, 1.54) is 29.6 Å². The maximum absolute atomic E-state index is 12.9. The van der Waals surface area contributed by atoms with Gasteiger partial charge < -0.3 is 25.9 Å². The Kier molecular flexibility index (Phi) is 8.73. The van der Waals surface area contributed by atoms with Crippen molar-refractivity contribution < 1.29 is 46.6 Å². The molecular formula is C19H19N7O11S2. The molecule has 3 rings (SSSR count). The van der Waals surface area contributed by atoms with Gasteiger partial charge >= 0.3 is 16.3 Å². The summed E-state index contributed by atoms with van der Waals surface area (Å²) in [7, 11) is -3.96. The molecule has 0 bridgehead atoms. The van der Waals surface area contributed by atoms with Gasteiger partial charge in [-0.05, 0) is 17.7 Å². The normalized spacial score (nSPS) is 17.1. The number of thiazole rings is 1. The third-order valence-electron chi connectivity index (χ3n) is 4.97. The van der Waals surface area contributed by atoms with Gasteiger partial charge in [0.2, 0.25) is 12.5 Å². The number of hydrogen-bond donors (Lipinski definition) is 4. The van der Waals surface area contributed by atoms with Crippen LogP contribution in [0.5, 0.6) is 0 Å². The summed E-state index contributed by atoms with van der Waals surface area (Å²) >= 11 is 0.915. The van der Waals surface area contributed by atoms with Crippen molar-refractivity contribution in [2.24, 2.45) is 5.16 Å². The number of non-ortho nitro benzene ring substituents is 1. The van der Waals surface area contributed by atoms with Crippen molar-refractivity contribution in [3.63, 3.8) is 0 Å². The average molecular weight is 586 g/mol. The van der Waals surface area contributed by atoms with E-state index in [0.717, 1.165) is 18.4 Å². The summed E-state index contributed by atoms with van der Waals surface area (Å²) in [5.41, 5.74) is 5.17.